The molecule has 0 saturated carbocycles. The van der Waals surface area contributed by atoms with Crippen LogP contribution in [0.4, 0.5) is 5.69 Å². The van der Waals surface area contributed by atoms with Gasteiger partial charge in [0.15, 0.2) is 5.96 Å². The normalized spacial score (nSPS) is 26.6. The quantitative estimate of drug-likeness (QED) is 0.889. The Morgan fingerprint density at radius 2 is 2.37 bits per heavy atom. The molecule has 1 saturated heterocycles. The molecule has 102 valence electrons. The van der Waals surface area contributed by atoms with Gasteiger partial charge >= 0.3 is 0 Å². The van der Waals surface area contributed by atoms with E-state index in [4.69, 9.17) is 15.2 Å². The highest BCUT2D eigenvalue weighted by Crippen LogP contribution is 2.30. The van der Waals surface area contributed by atoms with Crippen LogP contribution in [0, 0.1) is 5.92 Å². The second kappa shape index (κ2) is 5.09. The number of nitrogens with two attached hydrogens (primary N) is 1. The van der Waals surface area contributed by atoms with Crippen molar-refractivity contribution in [1.82, 2.24) is 0 Å². The first-order valence-corrected chi connectivity index (χ1v) is 6.60. The van der Waals surface area contributed by atoms with Crippen LogP contribution in [0.1, 0.15) is 6.42 Å². The van der Waals surface area contributed by atoms with Crippen molar-refractivity contribution in [3.05, 3.63) is 24.3 Å². The maximum absolute atomic E-state index is 6.05. The van der Waals surface area contributed by atoms with Crippen LogP contribution in [0.3, 0.4) is 0 Å². The number of guanidine groups is 1. The fourth-order valence-corrected chi connectivity index (χ4v) is 2.81. The van der Waals surface area contributed by atoms with Crippen LogP contribution in [0.15, 0.2) is 29.3 Å². The Labute approximate surface area is 113 Å². The summed E-state index contributed by atoms with van der Waals surface area (Å²) in [5.74, 6) is 1.92. The van der Waals surface area contributed by atoms with E-state index in [2.05, 4.69) is 9.89 Å². The molecule has 19 heavy (non-hydrogen) atoms. The van der Waals surface area contributed by atoms with Crippen molar-refractivity contribution < 1.29 is 9.47 Å². The van der Waals surface area contributed by atoms with Crippen molar-refractivity contribution >= 4 is 11.6 Å². The molecule has 2 aliphatic rings. The molecule has 2 heterocycles. The van der Waals surface area contributed by atoms with Crippen LogP contribution < -0.4 is 15.4 Å². The molecule has 1 fully saturated rings. The molecule has 2 N–H and O–H groups in total. The molecule has 0 aromatic heterocycles. The third-order valence-electron chi connectivity index (χ3n) is 3.86. The van der Waals surface area contributed by atoms with E-state index in [0.29, 0.717) is 17.9 Å². The van der Waals surface area contributed by atoms with Gasteiger partial charge in [-0.15, -0.1) is 0 Å². The third kappa shape index (κ3) is 2.26. The predicted octanol–water partition coefficient (Wildman–Crippen LogP) is 1.24. The Balaban J connectivity index is 1.88. The van der Waals surface area contributed by atoms with Crippen LogP contribution in [0.2, 0.25) is 0 Å². The van der Waals surface area contributed by atoms with Gasteiger partial charge in [0.1, 0.15) is 5.75 Å². The minimum Gasteiger partial charge on any atom is -0.497 e. The summed E-state index contributed by atoms with van der Waals surface area (Å²) in [4.78, 5) is 6.51. The Hall–Kier alpha value is -1.75. The van der Waals surface area contributed by atoms with Gasteiger partial charge in [-0.05, 0) is 18.6 Å². The van der Waals surface area contributed by atoms with E-state index in [1.54, 1.807) is 7.11 Å². The monoisotopic (exact) mass is 261 g/mol. The highest BCUT2D eigenvalue weighted by molar-refractivity contribution is 5.97. The molecule has 0 radical (unpaired) electrons. The van der Waals surface area contributed by atoms with Gasteiger partial charge in [-0.1, -0.05) is 6.07 Å². The Morgan fingerprint density at radius 3 is 3.11 bits per heavy atom. The van der Waals surface area contributed by atoms with E-state index in [-0.39, 0.29) is 0 Å². The van der Waals surface area contributed by atoms with Gasteiger partial charge in [0, 0.05) is 24.3 Å². The van der Waals surface area contributed by atoms with Crippen molar-refractivity contribution in [2.75, 3.05) is 31.8 Å². The second-order valence-corrected chi connectivity index (χ2v) is 4.96. The van der Waals surface area contributed by atoms with E-state index in [1.165, 1.54) is 0 Å². The Bertz CT molecular complexity index is 483. The zero-order valence-electron chi connectivity index (χ0n) is 11.1. The average molecular weight is 261 g/mol. The van der Waals surface area contributed by atoms with Crippen molar-refractivity contribution in [2.45, 2.75) is 12.5 Å². The van der Waals surface area contributed by atoms with E-state index < -0.39 is 0 Å². The molecular formula is C14H19N3O2. The summed E-state index contributed by atoms with van der Waals surface area (Å²) in [5, 5.41) is 0. The highest BCUT2D eigenvalue weighted by Gasteiger charge is 2.35. The van der Waals surface area contributed by atoms with Gasteiger partial charge in [-0.2, -0.15) is 0 Å². The lowest BCUT2D eigenvalue weighted by atomic mass is 9.98. The molecule has 5 nitrogen and oxygen atoms in total. The van der Waals surface area contributed by atoms with Crippen LogP contribution in [0.25, 0.3) is 0 Å². The topological polar surface area (TPSA) is 60.1 Å². The van der Waals surface area contributed by atoms with E-state index >= 15 is 0 Å². The summed E-state index contributed by atoms with van der Waals surface area (Å²) < 4.78 is 10.8. The summed E-state index contributed by atoms with van der Waals surface area (Å²) in [6, 6.07) is 8.24. The Kier molecular flexibility index (Phi) is 3.29. The number of aliphatic imine (C=N–C) groups is 1. The summed E-state index contributed by atoms with van der Waals surface area (Å²) in [5.41, 5.74) is 7.09. The van der Waals surface area contributed by atoms with Gasteiger partial charge in [0.2, 0.25) is 0 Å². The van der Waals surface area contributed by atoms with E-state index in [1.807, 2.05) is 24.3 Å². The maximum Gasteiger partial charge on any atom is 0.196 e. The summed E-state index contributed by atoms with van der Waals surface area (Å²) >= 11 is 0. The molecule has 0 aliphatic carbocycles. The number of ether oxygens (including phenoxy) is 2. The van der Waals surface area contributed by atoms with Gasteiger partial charge in [-0.25, -0.2) is 0 Å². The van der Waals surface area contributed by atoms with Gasteiger partial charge in [0.05, 0.1) is 26.3 Å². The molecule has 2 unspecified atom stereocenters. The molecule has 1 aromatic carbocycles. The molecule has 0 amide bonds. The molecule has 2 atom stereocenters. The molecule has 0 bridgehead atoms. The first-order valence-electron chi connectivity index (χ1n) is 6.60. The average Bonchev–Trinajstić information content (AvgIpc) is 3.07. The molecular weight excluding hydrogens is 242 g/mol. The summed E-state index contributed by atoms with van der Waals surface area (Å²) in [7, 11) is 1.67. The number of anilines is 1. The summed E-state index contributed by atoms with van der Waals surface area (Å²) in [6.07, 6.45) is 1.08. The van der Waals surface area contributed by atoms with E-state index in [9.17, 15) is 0 Å². The fourth-order valence-electron chi connectivity index (χ4n) is 2.81. The lowest BCUT2D eigenvalue weighted by Crippen LogP contribution is -2.45. The molecule has 5 heteroatoms. The second-order valence-electron chi connectivity index (χ2n) is 4.96. The zero-order valence-corrected chi connectivity index (χ0v) is 11.1. The van der Waals surface area contributed by atoms with Crippen LogP contribution >= 0.6 is 0 Å². The van der Waals surface area contributed by atoms with Crippen LogP contribution in [-0.2, 0) is 4.74 Å². The standard InChI is InChI=1S/C14H19N3O2/c1-18-12-4-2-3-11(7-12)17-13(8-16-14(17)15)10-5-6-19-9-10/h2-4,7,10,13H,5-6,8-9H2,1H3,(H2,15,16). The first kappa shape index (κ1) is 12.3. The summed E-state index contributed by atoms with van der Waals surface area (Å²) in [6.45, 7) is 2.39. The molecule has 2 aliphatic heterocycles. The van der Waals surface area contributed by atoms with Crippen molar-refractivity contribution in [1.29, 1.82) is 0 Å². The number of rotatable bonds is 3. The van der Waals surface area contributed by atoms with Crippen LogP contribution in [-0.4, -0.2) is 38.9 Å². The minimum absolute atomic E-state index is 0.301. The van der Waals surface area contributed by atoms with Gasteiger partial charge in [0.25, 0.3) is 0 Å². The molecule has 0 spiro atoms. The zero-order chi connectivity index (χ0) is 13.2. The number of methoxy groups -OCH3 is 1. The van der Waals surface area contributed by atoms with Crippen molar-refractivity contribution in [3.8, 4) is 5.75 Å². The number of benzene rings is 1. The maximum atomic E-state index is 6.05. The largest absolute Gasteiger partial charge is 0.497 e. The number of hydrogen-bond acceptors (Lipinski definition) is 5. The van der Waals surface area contributed by atoms with Crippen molar-refractivity contribution in [3.63, 3.8) is 0 Å². The van der Waals surface area contributed by atoms with Crippen LogP contribution in [0.5, 0.6) is 5.75 Å². The van der Waals surface area contributed by atoms with Gasteiger partial charge < -0.3 is 20.1 Å². The fraction of sp³-hybridized carbons (Fsp3) is 0.500. The molecule has 3 rings (SSSR count). The third-order valence-corrected chi connectivity index (χ3v) is 3.86. The Morgan fingerprint density at radius 1 is 1.47 bits per heavy atom. The molecule has 1 aromatic rings. The SMILES string of the molecule is COc1cccc(N2C(N)=NCC2C2CCOC2)c1. The smallest absolute Gasteiger partial charge is 0.196 e. The predicted molar refractivity (Wildman–Crippen MR) is 74.7 cm³/mol. The minimum atomic E-state index is 0.301. The van der Waals surface area contributed by atoms with Crippen molar-refractivity contribution in [2.24, 2.45) is 16.6 Å². The van der Waals surface area contributed by atoms with Gasteiger partial charge in [-0.3, -0.25) is 4.99 Å². The highest BCUT2D eigenvalue weighted by atomic mass is 16.5. The lowest BCUT2D eigenvalue weighted by molar-refractivity contribution is 0.182. The number of hydrogen-bond donors (Lipinski definition) is 1. The number of nitrogens with zero attached hydrogens (tertiary/aromatic N) is 2. The van der Waals surface area contributed by atoms with E-state index in [0.717, 1.165) is 37.6 Å². The lowest BCUT2D eigenvalue weighted by Gasteiger charge is -2.30. The first-order chi connectivity index (χ1) is 9.29.